The highest BCUT2D eigenvalue weighted by atomic mass is 32.2. The third kappa shape index (κ3) is 5.45. The molecule has 5 heteroatoms. The molecule has 1 fully saturated rings. The topological polar surface area (TPSA) is 29.5 Å². The zero-order valence-electron chi connectivity index (χ0n) is 12.4. The molecular formula is C13H28O2S2Si. The Morgan fingerprint density at radius 1 is 1.28 bits per heavy atom. The van der Waals surface area contributed by atoms with Gasteiger partial charge in [0.15, 0.2) is 8.32 Å². The molecule has 0 aromatic heterocycles. The fourth-order valence-corrected chi connectivity index (χ4v) is 5.54. The summed E-state index contributed by atoms with van der Waals surface area (Å²) in [6, 6.07) is 0. The van der Waals surface area contributed by atoms with Crippen molar-refractivity contribution in [3.8, 4) is 0 Å². The second-order valence-corrected chi connectivity index (χ2v) is 14.2. The van der Waals surface area contributed by atoms with Gasteiger partial charge < -0.3 is 9.53 Å². The summed E-state index contributed by atoms with van der Waals surface area (Å²) < 4.78 is 6.63. The molecule has 1 aliphatic rings. The average molecular weight is 309 g/mol. The van der Waals surface area contributed by atoms with E-state index in [0.717, 1.165) is 6.42 Å². The van der Waals surface area contributed by atoms with Crippen molar-refractivity contribution in [1.82, 2.24) is 0 Å². The molecule has 0 saturated carbocycles. The minimum Gasteiger partial charge on any atom is -0.414 e. The monoisotopic (exact) mass is 308 g/mol. The van der Waals surface area contributed by atoms with E-state index in [0.29, 0.717) is 11.2 Å². The summed E-state index contributed by atoms with van der Waals surface area (Å²) in [7, 11) is -1.71. The molecular weight excluding hydrogens is 280 g/mol. The van der Waals surface area contributed by atoms with Crippen LogP contribution in [0, 0.1) is 0 Å². The highest BCUT2D eigenvalue weighted by molar-refractivity contribution is 8.17. The molecule has 1 saturated heterocycles. The van der Waals surface area contributed by atoms with Gasteiger partial charge in [0.25, 0.3) is 0 Å². The van der Waals surface area contributed by atoms with Crippen LogP contribution in [-0.4, -0.2) is 42.2 Å². The average Bonchev–Trinajstić information content (AvgIpc) is 2.26. The summed E-state index contributed by atoms with van der Waals surface area (Å²) in [5.74, 6) is 2.49. The largest absolute Gasteiger partial charge is 0.414 e. The van der Waals surface area contributed by atoms with Gasteiger partial charge in [-0.1, -0.05) is 20.8 Å². The maximum absolute atomic E-state index is 10.1. The van der Waals surface area contributed by atoms with Crippen molar-refractivity contribution in [2.75, 3.05) is 18.1 Å². The van der Waals surface area contributed by atoms with Gasteiger partial charge in [-0.25, -0.2) is 0 Å². The Kier molecular flexibility index (Phi) is 6.59. The second kappa shape index (κ2) is 7.02. The first kappa shape index (κ1) is 16.9. The summed E-state index contributed by atoms with van der Waals surface area (Å²) in [6.45, 7) is 11.7. The Hall–Kier alpha value is 0.837. The molecule has 1 heterocycles. The highest BCUT2D eigenvalue weighted by Gasteiger charge is 2.37. The molecule has 0 radical (unpaired) electrons. The zero-order chi connectivity index (χ0) is 13.8. The molecule has 0 amide bonds. The molecule has 1 N–H and O–H groups in total. The number of thioether (sulfide) groups is 2. The Labute approximate surface area is 122 Å². The van der Waals surface area contributed by atoms with Crippen molar-refractivity contribution in [2.45, 2.75) is 62.4 Å². The van der Waals surface area contributed by atoms with E-state index in [9.17, 15) is 5.11 Å². The van der Waals surface area contributed by atoms with E-state index < -0.39 is 8.32 Å². The van der Waals surface area contributed by atoms with Crippen molar-refractivity contribution in [2.24, 2.45) is 0 Å². The summed E-state index contributed by atoms with van der Waals surface area (Å²) in [5, 5.41) is 10.3. The predicted molar refractivity (Wildman–Crippen MR) is 87.1 cm³/mol. The molecule has 1 rings (SSSR count). The van der Waals surface area contributed by atoms with Crippen LogP contribution in [0.2, 0.25) is 18.1 Å². The number of hydrogen-bond donors (Lipinski definition) is 1. The summed E-state index contributed by atoms with van der Waals surface area (Å²) >= 11 is 3.98. The molecule has 0 aromatic rings. The van der Waals surface area contributed by atoms with Crippen molar-refractivity contribution in [3.05, 3.63) is 0 Å². The van der Waals surface area contributed by atoms with E-state index in [1.165, 1.54) is 17.9 Å². The third-order valence-electron chi connectivity index (χ3n) is 3.80. The molecule has 0 spiro atoms. The van der Waals surface area contributed by atoms with Crippen molar-refractivity contribution < 1.29 is 9.53 Å². The molecule has 0 aliphatic carbocycles. The van der Waals surface area contributed by atoms with Crippen LogP contribution < -0.4 is 0 Å². The Balaban J connectivity index is 2.30. The van der Waals surface area contributed by atoms with Gasteiger partial charge in [-0.15, -0.1) is 23.5 Å². The zero-order valence-corrected chi connectivity index (χ0v) is 15.0. The number of aliphatic hydroxyl groups is 1. The first-order valence-corrected chi connectivity index (χ1v) is 11.8. The third-order valence-corrected chi connectivity index (χ3v) is 11.3. The highest BCUT2D eigenvalue weighted by Crippen LogP contribution is 2.37. The maximum Gasteiger partial charge on any atom is 0.192 e. The van der Waals surface area contributed by atoms with Gasteiger partial charge in [-0.3, -0.25) is 0 Å². The first-order chi connectivity index (χ1) is 8.22. The van der Waals surface area contributed by atoms with E-state index in [1.807, 2.05) is 23.5 Å². The minimum atomic E-state index is -1.71. The van der Waals surface area contributed by atoms with Gasteiger partial charge in [0.1, 0.15) is 0 Å². The van der Waals surface area contributed by atoms with Gasteiger partial charge in [0.2, 0.25) is 0 Å². The molecule has 2 nitrogen and oxygen atoms in total. The smallest absolute Gasteiger partial charge is 0.192 e. The molecule has 108 valence electrons. The number of rotatable bonds is 5. The minimum absolute atomic E-state index is 0.223. The Morgan fingerprint density at radius 2 is 1.83 bits per heavy atom. The van der Waals surface area contributed by atoms with Gasteiger partial charge >= 0.3 is 0 Å². The lowest BCUT2D eigenvalue weighted by molar-refractivity contribution is 0.0964. The van der Waals surface area contributed by atoms with Crippen LogP contribution in [0.25, 0.3) is 0 Å². The molecule has 0 aromatic carbocycles. The molecule has 1 atom stereocenters. The predicted octanol–water partition coefficient (Wildman–Crippen LogP) is 3.96. The fraction of sp³-hybridized carbons (Fsp3) is 1.00. The van der Waals surface area contributed by atoms with Gasteiger partial charge in [-0.2, -0.15) is 0 Å². The lowest BCUT2D eigenvalue weighted by Crippen LogP contribution is -2.42. The fourth-order valence-electron chi connectivity index (χ4n) is 1.48. The SMILES string of the molecule is CC(C)(C)[Si](C)(C)OC[C@H](O)CC1SCCCS1. The van der Waals surface area contributed by atoms with Gasteiger partial charge in [0.05, 0.1) is 17.3 Å². The van der Waals surface area contributed by atoms with Crippen LogP contribution in [0.3, 0.4) is 0 Å². The second-order valence-electron chi connectivity index (χ2n) is 6.49. The van der Waals surface area contributed by atoms with Crippen LogP contribution in [0.4, 0.5) is 0 Å². The standard InChI is InChI=1S/C13H28O2S2Si/c1-13(2,3)18(4,5)15-10-11(14)9-12-16-7-6-8-17-12/h11-12,14H,6-10H2,1-5H3/t11-/m1/s1. The molecule has 0 bridgehead atoms. The van der Waals surface area contributed by atoms with Crippen molar-refractivity contribution in [1.29, 1.82) is 0 Å². The molecule has 18 heavy (non-hydrogen) atoms. The molecule has 0 unspecified atom stereocenters. The summed E-state index contributed by atoms with van der Waals surface area (Å²) in [5.41, 5.74) is 0. The Morgan fingerprint density at radius 3 is 2.33 bits per heavy atom. The lowest BCUT2D eigenvalue weighted by atomic mass is 10.2. The van der Waals surface area contributed by atoms with Crippen LogP contribution >= 0.6 is 23.5 Å². The van der Waals surface area contributed by atoms with E-state index in [4.69, 9.17) is 4.43 Å². The van der Waals surface area contributed by atoms with Gasteiger partial charge in [-0.05, 0) is 42.5 Å². The van der Waals surface area contributed by atoms with Crippen LogP contribution in [0.1, 0.15) is 33.6 Å². The Bertz CT molecular complexity index is 248. The van der Waals surface area contributed by atoms with Crippen LogP contribution in [0.5, 0.6) is 0 Å². The summed E-state index contributed by atoms with van der Waals surface area (Å²) in [6.07, 6.45) is 1.87. The maximum atomic E-state index is 10.1. The normalized spacial score (nSPS) is 21.0. The molecule has 1 aliphatic heterocycles. The van der Waals surface area contributed by atoms with Crippen molar-refractivity contribution in [3.63, 3.8) is 0 Å². The van der Waals surface area contributed by atoms with Gasteiger partial charge in [0, 0.05) is 0 Å². The van der Waals surface area contributed by atoms with Crippen LogP contribution in [-0.2, 0) is 4.43 Å². The van der Waals surface area contributed by atoms with E-state index >= 15 is 0 Å². The van der Waals surface area contributed by atoms with Crippen LogP contribution in [0.15, 0.2) is 0 Å². The summed E-state index contributed by atoms with van der Waals surface area (Å²) in [4.78, 5) is 0. The number of hydrogen-bond acceptors (Lipinski definition) is 4. The number of aliphatic hydroxyl groups excluding tert-OH is 1. The van der Waals surface area contributed by atoms with E-state index in [2.05, 4.69) is 33.9 Å². The van der Waals surface area contributed by atoms with E-state index in [-0.39, 0.29) is 11.1 Å². The lowest BCUT2D eigenvalue weighted by Gasteiger charge is -2.37. The first-order valence-electron chi connectivity index (χ1n) is 6.77. The quantitative estimate of drug-likeness (QED) is 0.779. The van der Waals surface area contributed by atoms with E-state index in [1.54, 1.807) is 0 Å². The van der Waals surface area contributed by atoms with Crippen molar-refractivity contribution >= 4 is 31.8 Å².